The molecule has 1 atom stereocenters. The molecule has 1 unspecified atom stereocenters. The third-order valence-corrected chi connectivity index (χ3v) is 3.85. The average molecular weight is 294 g/mol. The topological polar surface area (TPSA) is 78.4 Å². The second kappa shape index (κ2) is 5.81. The van der Waals surface area contributed by atoms with Crippen LogP contribution in [-0.2, 0) is 4.79 Å². The number of aromatic carboxylic acids is 1. The number of hydrogen-bond donors (Lipinski definition) is 3. The predicted molar refractivity (Wildman–Crippen MR) is 76.8 cm³/mol. The number of piperidine rings is 1. The lowest BCUT2D eigenvalue weighted by atomic mass is 9.77. The molecule has 6 heteroatoms. The highest BCUT2D eigenvalue weighted by Crippen LogP contribution is 2.30. The molecule has 3 N–H and O–H groups in total. The summed E-state index contributed by atoms with van der Waals surface area (Å²) in [5.41, 5.74) is -0.358. The lowest BCUT2D eigenvalue weighted by Gasteiger charge is -2.38. The highest BCUT2D eigenvalue weighted by molar-refractivity contribution is 5.97. The number of rotatable bonds is 3. The maximum absolute atomic E-state index is 13.3. The molecule has 1 heterocycles. The van der Waals surface area contributed by atoms with Gasteiger partial charge < -0.3 is 15.7 Å². The monoisotopic (exact) mass is 294 g/mol. The largest absolute Gasteiger partial charge is 0.478 e. The molecular formula is C15H19FN2O3. The van der Waals surface area contributed by atoms with Crippen LogP contribution in [0.4, 0.5) is 10.1 Å². The highest BCUT2D eigenvalue weighted by atomic mass is 19.1. The summed E-state index contributed by atoms with van der Waals surface area (Å²) < 4.78 is 13.3. The fourth-order valence-electron chi connectivity index (χ4n) is 2.64. The summed E-state index contributed by atoms with van der Waals surface area (Å²) >= 11 is 0. The number of carboxylic acids is 1. The Morgan fingerprint density at radius 1 is 1.43 bits per heavy atom. The lowest BCUT2D eigenvalue weighted by Crippen LogP contribution is -2.53. The van der Waals surface area contributed by atoms with Gasteiger partial charge in [0.1, 0.15) is 5.82 Å². The standard InChI is InChI=1S/C15H19FN2O3/c1-15(2)6-3-7-17-12(15)13(19)18-9-4-5-11(16)10(8-9)14(20)21/h4-5,8,12,17H,3,6-7H2,1-2H3,(H,18,19)(H,20,21). The molecule has 0 aromatic heterocycles. The zero-order chi connectivity index (χ0) is 15.6. The Balaban J connectivity index is 2.16. The Morgan fingerprint density at radius 2 is 2.14 bits per heavy atom. The first-order valence-corrected chi connectivity index (χ1v) is 6.88. The van der Waals surface area contributed by atoms with E-state index in [-0.39, 0.29) is 23.1 Å². The maximum Gasteiger partial charge on any atom is 0.338 e. The van der Waals surface area contributed by atoms with E-state index in [1.165, 1.54) is 6.07 Å². The van der Waals surface area contributed by atoms with Crippen molar-refractivity contribution in [2.45, 2.75) is 32.7 Å². The number of carbonyl (C=O) groups is 2. The average Bonchev–Trinajstić information content (AvgIpc) is 2.40. The lowest BCUT2D eigenvalue weighted by molar-refractivity contribution is -0.121. The molecule has 1 aliphatic heterocycles. The summed E-state index contributed by atoms with van der Waals surface area (Å²) in [7, 11) is 0. The first kappa shape index (κ1) is 15.4. The second-order valence-electron chi connectivity index (χ2n) is 5.97. The molecule has 1 fully saturated rings. The second-order valence-corrected chi connectivity index (χ2v) is 5.97. The van der Waals surface area contributed by atoms with E-state index in [0.717, 1.165) is 31.5 Å². The van der Waals surface area contributed by atoms with Crippen LogP contribution in [0.3, 0.4) is 0 Å². The molecule has 2 rings (SSSR count). The molecule has 0 radical (unpaired) electrons. The Kier molecular flexibility index (Phi) is 4.27. The number of nitrogens with one attached hydrogen (secondary N) is 2. The molecule has 0 aliphatic carbocycles. The van der Waals surface area contributed by atoms with Crippen LogP contribution < -0.4 is 10.6 Å². The van der Waals surface area contributed by atoms with E-state index >= 15 is 0 Å². The van der Waals surface area contributed by atoms with E-state index in [1.54, 1.807) is 0 Å². The van der Waals surface area contributed by atoms with E-state index in [9.17, 15) is 14.0 Å². The summed E-state index contributed by atoms with van der Waals surface area (Å²) in [4.78, 5) is 23.2. The van der Waals surface area contributed by atoms with Gasteiger partial charge in [0.15, 0.2) is 0 Å². The van der Waals surface area contributed by atoms with Crippen molar-refractivity contribution in [3.8, 4) is 0 Å². The molecule has 21 heavy (non-hydrogen) atoms. The fourth-order valence-corrected chi connectivity index (χ4v) is 2.64. The summed E-state index contributed by atoms with van der Waals surface area (Å²) in [5, 5.41) is 14.7. The summed E-state index contributed by atoms with van der Waals surface area (Å²) in [5.74, 6) is -2.42. The third-order valence-electron chi connectivity index (χ3n) is 3.85. The molecule has 1 aromatic rings. The minimum absolute atomic E-state index is 0.183. The maximum atomic E-state index is 13.3. The summed E-state index contributed by atoms with van der Waals surface area (Å²) in [6, 6.07) is 3.17. The zero-order valence-corrected chi connectivity index (χ0v) is 12.1. The van der Waals surface area contributed by atoms with Crippen molar-refractivity contribution < 1.29 is 19.1 Å². The van der Waals surface area contributed by atoms with E-state index in [2.05, 4.69) is 10.6 Å². The van der Waals surface area contributed by atoms with Gasteiger partial charge in [0.05, 0.1) is 11.6 Å². The Morgan fingerprint density at radius 3 is 2.76 bits per heavy atom. The molecule has 0 spiro atoms. The van der Waals surface area contributed by atoms with Gasteiger partial charge in [-0.3, -0.25) is 4.79 Å². The van der Waals surface area contributed by atoms with Crippen LogP contribution in [0.1, 0.15) is 37.0 Å². The van der Waals surface area contributed by atoms with Crippen LogP contribution in [0, 0.1) is 11.2 Å². The van der Waals surface area contributed by atoms with Crippen LogP contribution in [0.15, 0.2) is 18.2 Å². The van der Waals surface area contributed by atoms with Crippen molar-refractivity contribution in [2.75, 3.05) is 11.9 Å². The van der Waals surface area contributed by atoms with Crippen LogP contribution >= 0.6 is 0 Å². The van der Waals surface area contributed by atoms with Gasteiger partial charge in [-0.05, 0) is 43.0 Å². The Hall–Kier alpha value is -1.95. The summed E-state index contributed by atoms with van der Waals surface area (Å²) in [6.07, 6.45) is 1.94. The van der Waals surface area contributed by atoms with Gasteiger partial charge in [0, 0.05) is 5.69 Å². The van der Waals surface area contributed by atoms with Crippen molar-refractivity contribution in [1.29, 1.82) is 0 Å². The minimum Gasteiger partial charge on any atom is -0.478 e. The molecule has 0 saturated carbocycles. The van der Waals surface area contributed by atoms with E-state index in [0.29, 0.717) is 0 Å². The Labute approximate surface area is 122 Å². The normalized spacial score (nSPS) is 20.8. The van der Waals surface area contributed by atoms with Crippen LogP contribution in [0.5, 0.6) is 0 Å². The van der Waals surface area contributed by atoms with Crippen molar-refractivity contribution in [2.24, 2.45) is 5.41 Å². The molecular weight excluding hydrogens is 275 g/mol. The van der Waals surface area contributed by atoms with Gasteiger partial charge in [-0.2, -0.15) is 0 Å². The van der Waals surface area contributed by atoms with E-state index in [4.69, 9.17) is 5.11 Å². The molecule has 1 aliphatic rings. The minimum atomic E-state index is -1.36. The highest BCUT2D eigenvalue weighted by Gasteiger charge is 2.37. The number of carboxylic acid groups (broad SMARTS) is 1. The third kappa shape index (κ3) is 3.39. The fraction of sp³-hybridized carbons (Fsp3) is 0.467. The van der Waals surface area contributed by atoms with Gasteiger partial charge >= 0.3 is 5.97 Å². The molecule has 5 nitrogen and oxygen atoms in total. The number of anilines is 1. The van der Waals surface area contributed by atoms with E-state index in [1.807, 2.05) is 13.8 Å². The Bertz CT molecular complexity index is 572. The SMILES string of the molecule is CC1(C)CCCNC1C(=O)Nc1ccc(F)c(C(=O)O)c1. The van der Waals surface area contributed by atoms with Gasteiger partial charge in [-0.15, -0.1) is 0 Å². The molecule has 1 amide bonds. The van der Waals surface area contributed by atoms with Crippen molar-refractivity contribution in [3.05, 3.63) is 29.6 Å². The number of halogens is 1. The number of benzene rings is 1. The molecule has 114 valence electrons. The van der Waals surface area contributed by atoms with Gasteiger partial charge in [0.25, 0.3) is 0 Å². The molecule has 1 aromatic carbocycles. The van der Waals surface area contributed by atoms with Crippen molar-refractivity contribution in [3.63, 3.8) is 0 Å². The number of hydrogen-bond acceptors (Lipinski definition) is 3. The predicted octanol–water partition coefficient (Wildman–Crippen LogP) is 2.24. The zero-order valence-electron chi connectivity index (χ0n) is 12.1. The quantitative estimate of drug-likeness (QED) is 0.799. The van der Waals surface area contributed by atoms with Crippen LogP contribution in [0.25, 0.3) is 0 Å². The van der Waals surface area contributed by atoms with Crippen LogP contribution in [-0.4, -0.2) is 29.6 Å². The number of carbonyl (C=O) groups excluding carboxylic acids is 1. The molecule has 0 bridgehead atoms. The van der Waals surface area contributed by atoms with Crippen LogP contribution in [0.2, 0.25) is 0 Å². The van der Waals surface area contributed by atoms with Gasteiger partial charge in [-0.25, -0.2) is 9.18 Å². The smallest absolute Gasteiger partial charge is 0.338 e. The van der Waals surface area contributed by atoms with Gasteiger partial charge in [0.2, 0.25) is 5.91 Å². The summed E-state index contributed by atoms with van der Waals surface area (Å²) in [6.45, 7) is 4.79. The van der Waals surface area contributed by atoms with Crippen molar-refractivity contribution >= 4 is 17.6 Å². The number of amides is 1. The first-order chi connectivity index (χ1) is 9.81. The molecule has 1 saturated heterocycles. The van der Waals surface area contributed by atoms with Gasteiger partial charge in [-0.1, -0.05) is 13.8 Å². The van der Waals surface area contributed by atoms with E-state index < -0.39 is 17.3 Å². The van der Waals surface area contributed by atoms with Crippen molar-refractivity contribution in [1.82, 2.24) is 5.32 Å². The first-order valence-electron chi connectivity index (χ1n) is 6.88.